The summed E-state index contributed by atoms with van der Waals surface area (Å²) in [5, 5.41) is 0.341. The molecule has 16 heavy (non-hydrogen) atoms. The predicted molar refractivity (Wildman–Crippen MR) is 62.3 cm³/mol. The average molecular weight is 358 g/mol. The maximum absolute atomic E-state index is 12.5. The number of hydrogen-bond donors (Lipinski definition) is 0. The van der Waals surface area contributed by atoms with Gasteiger partial charge >= 0.3 is 6.18 Å². The van der Waals surface area contributed by atoms with E-state index in [-0.39, 0.29) is 5.28 Å². The van der Waals surface area contributed by atoms with Crippen LogP contribution in [0.4, 0.5) is 13.2 Å². The summed E-state index contributed by atoms with van der Waals surface area (Å²) in [6.07, 6.45) is -3.09. The summed E-state index contributed by atoms with van der Waals surface area (Å²) in [5.74, 6) is 0. The number of rotatable bonds is 0. The molecule has 0 saturated carbocycles. The van der Waals surface area contributed by atoms with Crippen LogP contribution in [0.15, 0.2) is 18.3 Å². The summed E-state index contributed by atoms with van der Waals surface area (Å²) in [7, 11) is 0. The molecular formula is C9H3ClF3IN2. The molecule has 0 atom stereocenters. The molecule has 84 valence electrons. The fourth-order valence-electron chi connectivity index (χ4n) is 1.24. The Bertz CT molecular complexity index is 556. The minimum atomic E-state index is -4.37. The van der Waals surface area contributed by atoms with Crippen LogP contribution in [0.3, 0.4) is 0 Å². The Kier molecular flexibility index (Phi) is 2.95. The minimum Gasteiger partial charge on any atom is -0.226 e. The highest BCUT2D eigenvalue weighted by atomic mass is 127. The lowest BCUT2D eigenvalue weighted by Crippen LogP contribution is -2.05. The zero-order chi connectivity index (χ0) is 11.9. The summed E-state index contributed by atoms with van der Waals surface area (Å²) in [6, 6.07) is 2.04. The predicted octanol–water partition coefficient (Wildman–Crippen LogP) is 3.91. The maximum atomic E-state index is 12.5. The van der Waals surface area contributed by atoms with Gasteiger partial charge in [0.15, 0.2) is 0 Å². The molecule has 0 bridgehead atoms. The quantitative estimate of drug-likeness (QED) is 0.527. The van der Waals surface area contributed by atoms with Gasteiger partial charge in [0, 0.05) is 15.2 Å². The number of nitrogens with zero attached hydrogens (tertiary/aromatic N) is 2. The molecule has 2 rings (SSSR count). The van der Waals surface area contributed by atoms with Crippen LogP contribution in [-0.4, -0.2) is 9.97 Å². The first-order valence-corrected chi connectivity index (χ1v) is 5.52. The molecule has 0 fully saturated rings. The summed E-state index contributed by atoms with van der Waals surface area (Å²) in [4.78, 5) is 7.53. The van der Waals surface area contributed by atoms with E-state index >= 15 is 0 Å². The summed E-state index contributed by atoms with van der Waals surface area (Å²) >= 11 is 7.36. The molecule has 0 aliphatic carbocycles. The minimum absolute atomic E-state index is 0.0187. The zero-order valence-corrected chi connectivity index (χ0v) is 10.4. The van der Waals surface area contributed by atoms with E-state index in [1.54, 1.807) is 22.6 Å². The number of halogens is 5. The Hall–Kier alpha value is -0.630. The molecule has 0 radical (unpaired) electrons. The van der Waals surface area contributed by atoms with Crippen molar-refractivity contribution < 1.29 is 13.2 Å². The Labute approximate surface area is 107 Å². The fraction of sp³-hybridized carbons (Fsp3) is 0.111. The van der Waals surface area contributed by atoms with E-state index in [1.807, 2.05) is 0 Å². The van der Waals surface area contributed by atoms with Gasteiger partial charge in [-0.2, -0.15) is 13.2 Å². The molecule has 0 amide bonds. The van der Waals surface area contributed by atoms with Crippen molar-refractivity contribution in [3.8, 4) is 0 Å². The number of benzene rings is 1. The molecule has 0 aliphatic rings. The third-order valence-corrected chi connectivity index (χ3v) is 2.94. The molecule has 7 heteroatoms. The fourth-order valence-corrected chi connectivity index (χ4v) is 2.15. The lowest BCUT2D eigenvalue weighted by atomic mass is 10.1. The van der Waals surface area contributed by atoms with Crippen molar-refractivity contribution in [1.29, 1.82) is 0 Å². The van der Waals surface area contributed by atoms with Crippen LogP contribution < -0.4 is 0 Å². The Morgan fingerprint density at radius 2 is 1.94 bits per heavy atom. The van der Waals surface area contributed by atoms with Gasteiger partial charge in [-0.05, 0) is 46.3 Å². The number of alkyl halides is 3. The molecule has 0 unspecified atom stereocenters. The van der Waals surface area contributed by atoms with Crippen molar-refractivity contribution in [2.75, 3.05) is 0 Å². The van der Waals surface area contributed by atoms with Crippen LogP contribution in [0.1, 0.15) is 5.56 Å². The van der Waals surface area contributed by atoms with Gasteiger partial charge in [0.05, 0.1) is 11.1 Å². The van der Waals surface area contributed by atoms with Crippen LogP contribution in [0.25, 0.3) is 10.9 Å². The monoisotopic (exact) mass is 358 g/mol. The van der Waals surface area contributed by atoms with Crippen molar-refractivity contribution in [3.05, 3.63) is 32.7 Å². The normalized spacial score (nSPS) is 12.1. The molecule has 0 saturated heterocycles. The van der Waals surface area contributed by atoms with Gasteiger partial charge in [-0.15, -0.1) is 0 Å². The second kappa shape index (κ2) is 3.99. The van der Waals surface area contributed by atoms with E-state index in [0.29, 0.717) is 14.5 Å². The van der Waals surface area contributed by atoms with Gasteiger partial charge in [-0.3, -0.25) is 0 Å². The van der Waals surface area contributed by atoms with Crippen molar-refractivity contribution in [2.24, 2.45) is 0 Å². The second-order valence-electron chi connectivity index (χ2n) is 3.03. The lowest BCUT2D eigenvalue weighted by molar-refractivity contribution is -0.137. The van der Waals surface area contributed by atoms with Gasteiger partial charge in [-0.1, -0.05) is 0 Å². The van der Waals surface area contributed by atoms with Crippen LogP contribution in [0, 0.1) is 3.57 Å². The third-order valence-electron chi connectivity index (χ3n) is 1.93. The molecule has 0 aliphatic heterocycles. The summed E-state index contributed by atoms with van der Waals surface area (Å²) in [5.41, 5.74) is -0.288. The smallest absolute Gasteiger partial charge is 0.226 e. The van der Waals surface area contributed by atoms with Crippen LogP contribution in [0.2, 0.25) is 5.28 Å². The van der Waals surface area contributed by atoms with Crippen LogP contribution in [0.5, 0.6) is 0 Å². The third kappa shape index (κ3) is 2.22. The molecule has 0 N–H and O–H groups in total. The highest BCUT2D eigenvalue weighted by Gasteiger charge is 2.31. The maximum Gasteiger partial charge on any atom is 0.416 e. The van der Waals surface area contributed by atoms with Crippen molar-refractivity contribution >= 4 is 45.1 Å². The zero-order valence-electron chi connectivity index (χ0n) is 7.52. The van der Waals surface area contributed by atoms with Gasteiger partial charge < -0.3 is 0 Å². The van der Waals surface area contributed by atoms with Crippen molar-refractivity contribution in [2.45, 2.75) is 6.18 Å². The molecule has 1 aromatic heterocycles. The first-order valence-electron chi connectivity index (χ1n) is 4.07. The van der Waals surface area contributed by atoms with Crippen LogP contribution in [-0.2, 0) is 6.18 Å². The van der Waals surface area contributed by atoms with E-state index in [2.05, 4.69) is 9.97 Å². The van der Waals surface area contributed by atoms with Gasteiger partial charge in [-0.25, -0.2) is 9.97 Å². The van der Waals surface area contributed by atoms with E-state index in [9.17, 15) is 13.2 Å². The van der Waals surface area contributed by atoms with E-state index in [1.165, 1.54) is 6.20 Å². The summed E-state index contributed by atoms with van der Waals surface area (Å²) < 4.78 is 37.9. The highest BCUT2D eigenvalue weighted by molar-refractivity contribution is 14.1. The molecular weight excluding hydrogens is 355 g/mol. The van der Waals surface area contributed by atoms with Gasteiger partial charge in [0.25, 0.3) is 0 Å². The van der Waals surface area contributed by atoms with E-state index in [4.69, 9.17) is 11.6 Å². The second-order valence-corrected chi connectivity index (χ2v) is 4.53. The van der Waals surface area contributed by atoms with Gasteiger partial charge in [0.1, 0.15) is 0 Å². The number of aromatic nitrogens is 2. The Morgan fingerprint density at radius 1 is 1.25 bits per heavy atom. The molecule has 1 aromatic carbocycles. The number of fused-ring (bicyclic) bond motifs is 1. The Balaban J connectivity index is 2.74. The van der Waals surface area contributed by atoms with Crippen molar-refractivity contribution in [1.82, 2.24) is 9.97 Å². The average Bonchev–Trinajstić information content (AvgIpc) is 2.17. The molecule has 0 spiro atoms. The molecule has 1 heterocycles. The van der Waals surface area contributed by atoms with Crippen molar-refractivity contribution in [3.63, 3.8) is 0 Å². The first-order chi connectivity index (χ1) is 7.38. The topological polar surface area (TPSA) is 25.8 Å². The van der Waals surface area contributed by atoms with E-state index in [0.717, 1.165) is 12.1 Å². The van der Waals surface area contributed by atoms with E-state index < -0.39 is 11.7 Å². The SMILES string of the molecule is FC(F)(F)c1cc(I)c2nc(Cl)ncc2c1. The lowest BCUT2D eigenvalue weighted by Gasteiger charge is -2.08. The standard InChI is InChI=1S/C9H3ClF3IN2/c10-8-15-3-4-1-5(9(11,12)13)2-6(14)7(4)16-8/h1-3H. The highest BCUT2D eigenvalue weighted by Crippen LogP contribution is 2.33. The number of hydrogen-bond acceptors (Lipinski definition) is 2. The van der Waals surface area contributed by atoms with Gasteiger partial charge in [0.2, 0.25) is 5.28 Å². The Morgan fingerprint density at radius 3 is 2.56 bits per heavy atom. The molecule has 2 aromatic rings. The summed E-state index contributed by atoms with van der Waals surface area (Å²) in [6.45, 7) is 0. The van der Waals surface area contributed by atoms with Crippen LogP contribution >= 0.6 is 34.2 Å². The molecule has 2 nitrogen and oxygen atoms in total. The largest absolute Gasteiger partial charge is 0.416 e. The first kappa shape index (κ1) is 11.8.